The van der Waals surface area contributed by atoms with E-state index in [2.05, 4.69) is 10.3 Å². The van der Waals surface area contributed by atoms with Crippen molar-refractivity contribution in [2.24, 2.45) is 0 Å². The van der Waals surface area contributed by atoms with E-state index in [-0.39, 0.29) is 12.0 Å². The second-order valence-corrected chi connectivity index (χ2v) is 4.66. The van der Waals surface area contributed by atoms with Gasteiger partial charge in [-0.25, -0.2) is 4.98 Å². The lowest BCUT2D eigenvalue weighted by molar-refractivity contribution is 0.0854. The van der Waals surface area contributed by atoms with E-state index < -0.39 is 0 Å². The lowest BCUT2D eigenvalue weighted by Crippen LogP contribution is -2.32. The molecule has 1 N–H and O–H groups in total. The van der Waals surface area contributed by atoms with Crippen molar-refractivity contribution >= 4 is 17.2 Å². The van der Waals surface area contributed by atoms with Gasteiger partial charge in [0.2, 0.25) is 0 Å². The van der Waals surface area contributed by atoms with Crippen LogP contribution in [0.15, 0.2) is 5.51 Å². The zero-order chi connectivity index (χ0) is 10.7. The number of hydrogen-bond acceptors (Lipinski definition) is 4. The normalized spacial score (nSPS) is 20.5. The number of amides is 1. The molecule has 0 aromatic carbocycles. The summed E-state index contributed by atoms with van der Waals surface area (Å²) in [6.07, 6.45) is 2.32. The van der Waals surface area contributed by atoms with Crippen molar-refractivity contribution in [1.29, 1.82) is 0 Å². The van der Waals surface area contributed by atoms with Crippen molar-refractivity contribution in [1.82, 2.24) is 10.3 Å². The van der Waals surface area contributed by atoms with Gasteiger partial charge >= 0.3 is 0 Å². The van der Waals surface area contributed by atoms with Crippen molar-refractivity contribution in [2.75, 3.05) is 13.2 Å². The topological polar surface area (TPSA) is 51.2 Å². The SMILES string of the molecule is Cc1scnc1C(=O)NCC1CCCO1. The van der Waals surface area contributed by atoms with Crippen molar-refractivity contribution < 1.29 is 9.53 Å². The third kappa shape index (κ3) is 2.54. The van der Waals surface area contributed by atoms with Gasteiger partial charge in [-0.05, 0) is 19.8 Å². The monoisotopic (exact) mass is 226 g/mol. The van der Waals surface area contributed by atoms with Gasteiger partial charge in [0.15, 0.2) is 0 Å². The van der Waals surface area contributed by atoms with Gasteiger partial charge in [-0.3, -0.25) is 4.79 Å². The Bertz CT molecular complexity index is 345. The molecule has 5 heteroatoms. The van der Waals surface area contributed by atoms with Crippen molar-refractivity contribution in [3.05, 3.63) is 16.1 Å². The molecule has 1 fully saturated rings. The van der Waals surface area contributed by atoms with Crippen LogP contribution in [-0.4, -0.2) is 30.1 Å². The summed E-state index contributed by atoms with van der Waals surface area (Å²) in [6.45, 7) is 3.31. The van der Waals surface area contributed by atoms with Gasteiger partial charge in [0, 0.05) is 18.0 Å². The van der Waals surface area contributed by atoms with E-state index in [1.807, 2.05) is 6.92 Å². The summed E-state index contributed by atoms with van der Waals surface area (Å²) in [4.78, 5) is 16.6. The number of rotatable bonds is 3. The number of aromatic nitrogens is 1. The molecule has 1 atom stereocenters. The first-order valence-corrected chi connectivity index (χ1v) is 5.95. The first kappa shape index (κ1) is 10.6. The zero-order valence-corrected chi connectivity index (χ0v) is 9.47. The van der Waals surface area contributed by atoms with Crippen LogP contribution in [-0.2, 0) is 4.74 Å². The van der Waals surface area contributed by atoms with Crippen molar-refractivity contribution in [3.63, 3.8) is 0 Å². The van der Waals surface area contributed by atoms with E-state index in [0.29, 0.717) is 12.2 Å². The molecule has 2 heterocycles. The lowest BCUT2D eigenvalue weighted by atomic mass is 10.2. The molecule has 1 amide bonds. The third-order valence-electron chi connectivity index (χ3n) is 2.47. The van der Waals surface area contributed by atoms with Crippen molar-refractivity contribution in [2.45, 2.75) is 25.9 Å². The van der Waals surface area contributed by atoms with E-state index in [1.165, 1.54) is 11.3 Å². The molecule has 1 aliphatic rings. The van der Waals surface area contributed by atoms with Gasteiger partial charge in [-0.2, -0.15) is 0 Å². The van der Waals surface area contributed by atoms with Crippen LogP contribution in [0.1, 0.15) is 28.2 Å². The average Bonchev–Trinajstić information content (AvgIpc) is 2.84. The Morgan fingerprint density at radius 2 is 2.67 bits per heavy atom. The summed E-state index contributed by atoms with van der Waals surface area (Å²) in [5, 5.41) is 2.85. The molecule has 1 aliphatic heterocycles. The Hall–Kier alpha value is -0.940. The minimum Gasteiger partial charge on any atom is -0.376 e. The van der Waals surface area contributed by atoms with Crippen LogP contribution in [0.25, 0.3) is 0 Å². The highest BCUT2D eigenvalue weighted by molar-refractivity contribution is 7.09. The van der Waals surface area contributed by atoms with Crippen LogP contribution >= 0.6 is 11.3 Å². The van der Waals surface area contributed by atoms with Crippen LogP contribution in [0, 0.1) is 6.92 Å². The molecule has 15 heavy (non-hydrogen) atoms. The lowest BCUT2D eigenvalue weighted by Gasteiger charge is -2.09. The molecule has 0 saturated carbocycles. The predicted octanol–water partition coefficient (Wildman–Crippen LogP) is 1.36. The predicted molar refractivity (Wildman–Crippen MR) is 58.2 cm³/mol. The Kier molecular flexibility index (Phi) is 3.33. The van der Waals surface area contributed by atoms with Crippen LogP contribution < -0.4 is 5.32 Å². The Labute approximate surface area is 92.7 Å². The van der Waals surface area contributed by atoms with E-state index in [9.17, 15) is 4.79 Å². The standard InChI is InChI=1S/C10H14N2O2S/c1-7-9(12-6-15-7)10(13)11-5-8-3-2-4-14-8/h6,8H,2-5H2,1H3,(H,11,13). The number of nitrogens with one attached hydrogen (secondary N) is 1. The highest BCUT2D eigenvalue weighted by Gasteiger charge is 2.18. The largest absolute Gasteiger partial charge is 0.376 e. The molecular weight excluding hydrogens is 212 g/mol. The smallest absolute Gasteiger partial charge is 0.271 e. The maximum atomic E-state index is 11.7. The van der Waals surface area contributed by atoms with Gasteiger partial charge in [-0.15, -0.1) is 11.3 Å². The maximum Gasteiger partial charge on any atom is 0.271 e. The Balaban J connectivity index is 1.84. The van der Waals surface area contributed by atoms with Crippen molar-refractivity contribution in [3.8, 4) is 0 Å². The highest BCUT2D eigenvalue weighted by Crippen LogP contribution is 2.13. The average molecular weight is 226 g/mol. The summed E-state index contributed by atoms with van der Waals surface area (Å²) in [6, 6.07) is 0. The third-order valence-corrected chi connectivity index (χ3v) is 3.23. The van der Waals surface area contributed by atoms with Crippen LogP contribution in [0.3, 0.4) is 0 Å². The van der Waals surface area contributed by atoms with Crippen LogP contribution in [0.4, 0.5) is 0 Å². The fourth-order valence-electron chi connectivity index (χ4n) is 1.62. The van der Waals surface area contributed by atoms with Gasteiger partial charge < -0.3 is 10.1 Å². The molecule has 1 aromatic heterocycles. The summed E-state index contributed by atoms with van der Waals surface area (Å²) >= 11 is 1.49. The summed E-state index contributed by atoms with van der Waals surface area (Å²) < 4.78 is 5.42. The number of nitrogens with zero attached hydrogens (tertiary/aromatic N) is 1. The fraction of sp³-hybridized carbons (Fsp3) is 0.600. The highest BCUT2D eigenvalue weighted by atomic mass is 32.1. The van der Waals surface area contributed by atoms with Crippen LogP contribution in [0.5, 0.6) is 0 Å². The first-order chi connectivity index (χ1) is 7.27. The number of hydrogen-bond donors (Lipinski definition) is 1. The molecule has 0 bridgehead atoms. The molecule has 2 rings (SSSR count). The van der Waals surface area contributed by atoms with Gasteiger partial charge in [-0.1, -0.05) is 0 Å². The Morgan fingerprint density at radius 3 is 3.27 bits per heavy atom. The number of aryl methyl sites for hydroxylation is 1. The number of ether oxygens (including phenoxy) is 1. The first-order valence-electron chi connectivity index (χ1n) is 5.07. The molecule has 0 spiro atoms. The molecule has 1 unspecified atom stereocenters. The van der Waals surface area contributed by atoms with E-state index in [1.54, 1.807) is 5.51 Å². The van der Waals surface area contributed by atoms with Gasteiger partial charge in [0.05, 0.1) is 11.6 Å². The molecule has 4 nitrogen and oxygen atoms in total. The fourth-order valence-corrected chi connectivity index (χ4v) is 2.19. The van der Waals surface area contributed by atoms with E-state index in [4.69, 9.17) is 4.74 Å². The molecule has 0 aliphatic carbocycles. The number of carbonyl (C=O) groups is 1. The second kappa shape index (κ2) is 4.72. The van der Waals surface area contributed by atoms with E-state index in [0.717, 1.165) is 24.3 Å². The minimum absolute atomic E-state index is 0.0933. The molecule has 1 saturated heterocycles. The molecule has 1 aromatic rings. The number of carbonyl (C=O) groups excluding carboxylic acids is 1. The molecular formula is C10H14N2O2S. The quantitative estimate of drug-likeness (QED) is 0.846. The minimum atomic E-state index is -0.0933. The van der Waals surface area contributed by atoms with E-state index >= 15 is 0 Å². The summed E-state index contributed by atoms with van der Waals surface area (Å²) in [5.41, 5.74) is 2.23. The van der Waals surface area contributed by atoms with Crippen LogP contribution in [0.2, 0.25) is 0 Å². The van der Waals surface area contributed by atoms with Gasteiger partial charge in [0.1, 0.15) is 5.69 Å². The maximum absolute atomic E-state index is 11.7. The summed E-state index contributed by atoms with van der Waals surface area (Å²) in [5.74, 6) is -0.0933. The molecule has 0 radical (unpaired) electrons. The summed E-state index contributed by atoms with van der Waals surface area (Å²) in [7, 11) is 0. The zero-order valence-electron chi connectivity index (χ0n) is 8.66. The number of thiazole rings is 1. The molecule has 82 valence electrons. The van der Waals surface area contributed by atoms with Gasteiger partial charge in [0.25, 0.3) is 5.91 Å². The Morgan fingerprint density at radius 1 is 1.80 bits per heavy atom. The second-order valence-electron chi connectivity index (χ2n) is 3.60.